The molecule has 1 atom stereocenters. The molecule has 4 nitrogen and oxygen atoms in total. The highest BCUT2D eigenvalue weighted by atomic mass is 16.3. The molecule has 102 valence electrons. The van der Waals surface area contributed by atoms with Gasteiger partial charge < -0.3 is 5.11 Å². The maximum atomic E-state index is 10.4. The zero-order valence-electron chi connectivity index (χ0n) is 11.4. The van der Waals surface area contributed by atoms with E-state index in [0.717, 1.165) is 28.6 Å². The van der Waals surface area contributed by atoms with Crippen LogP contribution in [0, 0.1) is 0 Å². The number of aliphatic hydroxyl groups is 1. The Hall–Kier alpha value is -2.20. The van der Waals surface area contributed by atoms with Gasteiger partial charge in [-0.05, 0) is 25.0 Å². The second-order valence-electron chi connectivity index (χ2n) is 4.92. The van der Waals surface area contributed by atoms with Crippen molar-refractivity contribution in [2.75, 3.05) is 0 Å². The molecule has 3 aromatic rings. The minimum atomic E-state index is -0.511. The second-order valence-corrected chi connectivity index (χ2v) is 4.92. The first-order chi connectivity index (χ1) is 9.75. The quantitative estimate of drug-likeness (QED) is 0.790. The molecule has 0 fully saturated rings. The van der Waals surface area contributed by atoms with Crippen molar-refractivity contribution in [2.45, 2.75) is 18.9 Å². The second kappa shape index (κ2) is 5.43. The average Bonchev–Trinajstić information content (AvgIpc) is 2.89. The molecular formula is C16H17N3O. The molecule has 2 aromatic heterocycles. The molecule has 0 amide bonds. The molecule has 2 heterocycles. The number of aryl methyl sites for hydroxylation is 2. The van der Waals surface area contributed by atoms with Crippen LogP contribution in [0.5, 0.6) is 0 Å². The fourth-order valence-electron chi connectivity index (χ4n) is 2.48. The standard InChI is InChI=1S/C16H17N3O/c1-19-13(9-11-18-19)7-8-15(20)14-6-2-4-12-5-3-10-17-16(12)14/h2-6,9-11,15,20H,7-8H2,1H3. The topological polar surface area (TPSA) is 50.9 Å². The molecule has 3 rings (SSSR count). The highest BCUT2D eigenvalue weighted by Crippen LogP contribution is 2.25. The lowest BCUT2D eigenvalue weighted by atomic mass is 10.0. The summed E-state index contributed by atoms with van der Waals surface area (Å²) >= 11 is 0. The summed E-state index contributed by atoms with van der Waals surface area (Å²) in [6, 6.07) is 11.8. The van der Waals surface area contributed by atoms with Gasteiger partial charge in [-0.3, -0.25) is 9.67 Å². The van der Waals surface area contributed by atoms with Gasteiger partial charge in [0.25, 0.3) is 0 Å². The predicted octanol–water partition coefficient (Wildman–Crippen LogP) is 2.63. The molecule has 1 N–H and O–H groups in total. The van der Waals surface area contributed by atoms with E-state index in [1.807, 2.05) is 48.1 Å². The van der Waals surface area contributed by atoms with Crippen LogP contribution in [0.1, 0.15) is 23.8 Å². The Morgan fingerprint density at radius 2 is 2.00 bits per heavy atom. The molecule has 0 aliphatic heterocycles. The number of nitrogens with zero attached hydrogens (tertiary/aromatic N) is 3. The van der Waals surface area contributed by atoms with E-state index in [-0.39, 0.29) is 0 Å². The van der Waals surface area contributed by atoms with Crippen molar-refractivity contribution in [3.05, 3.63) is 60.0 Å². The largest absolute Gasteiger partial charge is 0.388 e. The van der Waals surface area contributed by atoms with E-state index in [9.17, 15) is 5.11 Å². The van der Waals surface area contributed by atoms with E-state index in [1.165, 1.54) is 0 Å². The average molecular weight is 267 g/mol. The summed E-state index contributed by atoms with van der Waals surface area (Å²) in [4.78, 5) is 4.39. The molecule has 0 radical (unpaired) electrons. The number of benzene rings is 1. The maximum absolute atomic E-state index is 10.4. The summed E-state index contributed by atoms with van der Waals surface area (Å²) in [6.45, 7) is 0. The number of rotatable bonds is 4. The van der Waals surface area contributed by atoms with Crippen molar-refractivity contribution < 1.29 is 5.11 Å². The van der Waals surface area contributed by atoms with Crippen molar-refractivity contribution in [1.82, 2.24) is 14.8 Å². The van der Waals surface area contributed by atoms with Crippen LogP contribution in [-0.4, -0.2) is 19.9 Å². The van der Waals surface area contributed by atoms with Crippen molar-refractivity contribution >= 4 is 10.9 Å². The Labute approximate surface area is 117 Å². The van der Waals surface area contributed by atoms with Crippen molar-refractivity contribution in [3.8, 4) is 0 Å². The summed E-state index contributed by atoms with van der Waals surface area (Å²) in [5, 5.41) is 15.6. The van der Waals surface area contributed by atoms with Crippen LogP contribution in [0.3, 0.4) is 0 Å². The number of hydrogen-bond donors (Lipinski definition) is 1. The molecule has 20 heavy (non-hydrogen) atoms. The molecular weight excluding hydrogens is 250 g/mol. The summed E-state index contributed by atoms with van der Waals surface area (Å²) in [6.07, 6.45) is 4.49. The van der Waals surface area contributed by atoms with Crippen LogP contribution in [0.4, 0.5) is 0 Å². The molecule has 0 bridgehead atoms. The van der Waals surface area contributed by atoms with Crippen LogP contribution in [-0.2, 0) is 13.5 Å². The zero-order valence-corrected chi connectivity index (χ0v) is 11.4. The first-order valence-corrected chi connectivity index (χ1v) is 6.74. The first kappa shape index (κ1) is 12.8. The van der Waals surface area contributed by atoms with E-state index in [4.69, 9.17) is 0 Å². The van der Waals surface area contributed by atoms with Gasteiger partial charge in [-0.2, -0.15) is 5.10 Å². The number of pyridine rings is 1. The van der Waals surface area contributed by atoms with Crippen molar-refractivity contribution in [3.63, 3.8) is 0 Å². The summed E-state index contributed by atoms with van der Waals surface area (Å²) < 4.78 is 1.84. The smallest absolute Gasteiger partial charge is 0.0814 e. The summed E-state index contributed by atoms with van der Waals surface area (Å²) in [5.74, 6) is 0. The van der Waals surface area contributed by atoms with Crippen LogP contribution in [0.25, 0.3) is 10.9 Å². The Morgan fingerprint density at radius 3 is 2.80 bits per heavy atom. The fraction of sp³-hybridized carbons (Fsp3) is 0.250. The fourth-order valence-corrected chi connectivity index (χ4v) is 2.48. The van der Waals surface area contributed by atoms with Gasteiger partial charge in [0.05, 0.1) is 11.6 Å². The van der Waals surface area contributed by atoms with Crippen molar-refractivity contribution in [1.29, 1.82) is 0 Å². The summed E-state index contributed by atoms with van der Waals surface area (Å²) in [5.41, 5.74) is 2.90. The normalized spacial score (nSPS) is 12.7. The third-order valence-electron chi connectivity index (χ3n) is 3.62. The van der Waals surface area contributed by atoms with Crippen LogP contribution in [0.15, 0.2) is 48.8 Å². The molecule has 0 aliphatic rings. The number of para-hydroxylation sites is 1. The molecule has 1 unspecified atom stereocenters. The van der Waals surface area contributed by atoms with Gasteiger partial charge in [0, 0.05) is 36.1 Å². The highest BCUT2D eigenvalue weighted by molar-refractivity contribution is 5.81. The lowest BCUT2D eigenvalue weighted by molar-refractivity contribution is 0.168. The minimum absolute atomic E-state index is 0.511. The van der Waals surface area contributed by atoms with E-state index in [2.05, 4.69) is 10.1 Å². The summed E-state index contributed by atoms with van der Waals surface area (Å²) in [7, 11) is 1.92. The van der Waals surface area contributed by atoms with E-state index >= 15 is 0 Å². The van der Waals surface area contributed by atoms with Gasteiger partial charge in [0.15, 0.2) is 0 Å². The predicted molar refractivity (Wildman–Crippen MR) is 78.2 cm³/mol. The van der Waals surface area contributed by atoms with E-state index in [1.54, 1.807) is 12.4 Å². The van der Waals surface area contributed by atoms with Gasteiger partial charge >= 0.3 is 0 Å². The van der Waals surface area contributed by atoms with Gasteiger partial charge in [0.2, 0.25) is 0 Å². The molecule has 1 aromatic carbocycles. The van der Waals surface area contributed by atoms with Gasteiger partial charge in [-0.25, -0.2) is 0 Å². The lowest BCUT2D eigenvalue weighted by Crippen LogP contribution is -2.04. The third kappa shape index (κ3) is 2.42. The first-order valence-electron chi connectivity index (χ1n) is 6.74. The zero-order chi connectivity index (χ0) is 13.9. The Morgan fingerprint density at radius 1 is 1.15 bits per heavy atom. The van der Waals surface area contributed by atoms with Crippen molar-refractivity contribution in [2.24, 2.45) is 7.05 Å². The van der Waals surface area contributed by atoms with Crippen LogP contribution < -0.4 is 0 Å². The van der Waals surface area contributed by atoms with E-state index in [0.29, 0.717) is 6.42 Å². The van der Waals surface area contributed by atoms with Crippen LogP contribution >= 0.6 is 0 Å². The van der Waals surface area contributed by atoms with Gasteiger partial charge in [-0.1, -0.05) is 24.3 Å². The number of aromatic nitrogens is 3. The Balaban J connectivity index is 1.82. The Kier molecular flexibility index (Phi) is 3.48. The van der Waals surface area contributed by atoms with E-state index < -0.39 is 6.10 Å². The lowest BCUT2D eigenvalue weighted by Gasteiger charge is -2.13. The molecule has 0 saturated carbocycles. The number of aliphatic hydroxyl groups excluding tert-OH is 1. The minimum Gasteiger partial charge on any atom is -0.388 e. The highest BCUT2D eigenvalue weighted by Gasteiger charge is 2.12. The monoisotopic (exact) mass is 267 g/mol. The number of hydrogen-bond acceptors (Lipinski definition) is 3. The van der Waals surface area contributed by atoms with Gasteiger partial charge in [-0.15, -0.1) is 0 Å². The Bertz CT molecular complexity index is 715. The van der Waals surface area contributed by atoms with Gasteiger partial charge in [0.1, 0.15) is 0 Å². The SMILES string of the molecule is Cn1nccc1CCC(O)c1cccc2cccnc12. The molecule has 0 saturated heterocycles. The van der Waals surface area contributed by atoms with Crippen LogP contribution in [0.2, 0.25) is 0 Å². The molecule has 4 heteroatoms. The number of fused-ring (bicyclic) bond motifs is 1. The maximum Gasteiger partial charge on any atom is 0.0814 e. The molecule has 0 aliphatic carbocycles. The third-order valence-corrected chi connectivity index (χ3v) is 3.62. The molecule has 0 spiro atoms.